The Morgan fingerprint density at radius 2 is 1.54 bits per heavy atom. The molecule has 0 saturated carbocycles. The van der Waals surface area contributed by atoms with E-state index in [-0.39, 0.29) is 30.6 Å². The molecule has 1 atom stereocenters. The third-order valence-electron chi connectivity index (χ3n) is 6.66. The number of carbonyl (C=O) groups excluding carboxylic acids is 1. The highest BCUT2D eigenvalue weighted by atomic mass is 19.1. The van der Waals surface area contributed by atoms with E-state index in [2.05, 4.69) is 12.1 Å². The van der Waals surface area contributed by atoms with E-state index in [0.717, 1.165) is 27.6 Å². The maximum absolute atomic E-state index is 14.5. The summed E-state index contributed by atoms with van der Waals surface area (Å²) in [5, 5.41) is 2.11. The average molecular weight is 472 g/mol. The Bertz CT molecular complexity index is 1420. The van der Waals surface area contributed by atoms with Gasteiger partial charge in [0.1, 0.15) is 11.6 Å². The normalized spacial score (nSPS) is 15.1. The maximum atomic E-state index is 14.5. The number of nitrogens with zero attached hydrogens (tertiary/aromatic N) is 1. The topological polar surface area (TPSA) is 48.0 Å². The van der Waals surface area contributed by atoms with Crippen LogP contribution in [0.2, 0.25) is 0 Å². The number of hydrogen-bond acceptors (Lipinski definition) is 4. The van der Waals surface area contributed by atoms with E-state index in [1.54, 1.807) is 50.5 Å². The molecule has 0 N–H and O–H groups in total. The molecule has 0 saturated heterocycles. The smallest absolute Gasteiger partial charge is 0.228 e. The van der Waals surface area contributed by atoms with Crippen molar-refractivity contribution in [1.29, 1.82) is 0 Å². The number of halogens is 1. The van der Waals surface area contributed by atoms with Crippen molar-refractivity contribution in [1.82, 2.24) is 0 Å². The minimum absolute atomic E-state index is 0.0853. The van der Waals surface area contributed by atoms with Crippen LogP contribution in [0.5, 0.6) is 17.2 Å². The SMILES string of the molecule is COc1cc(OC)c(C2CC(=O)N(Cc3ccccc3F)c3ccc4ccccc4c32)cc1OC. The van der Waals surface area contributed by atoms with Gasteiger partial charge in [0.25, 0.3) is 0 Å². The van der Waals surface area contributed by atoms with E-state index in [1.807, 2.05) is 30.3 Å². The molecule has 0 radical (unpaired) electrons. The van der Waals surface area contributed by atoms with Gasteiger partial charge in [-0.2, -0.15) is 0 Å². The zero-order valence-electron chi connectivity index (χ0n) is 19.9. The van der Waals surface area contributed by atoms with E-state index >= 15 is 0 Å². The van der Waals surface area contributed by atoms with E-state index in [4.69, 9.17) is 14.2 Å². The lowest BCUT2D eigenvalue weighted by molar-refractivity contribution is -0.119. The fourth-order valence-electron chi connectivity index (χ4n) is 4.97. The van der Waals surface area contributed by atoms with Crippen molar-refractivity contribution >= 4 is 22.4 Å². The molecule has 0 fully saturated rings. The largest absolute Gasteiger partial charge is 0.496 e. The van der Waals surface area contributed by atoms with Gasteiger partial charge < -0.3 is 19.1 Å². The van der Waals surface area contributed by atoms with Crippen molar-refractivity contribution in [3.8, 4) is 17.2 Å². The van der Waals surface area contributed by atoms with Crippen LogP contribution >= 0.6 is 0 Å². The molecule has 1 amide bonds. The summed E-state index contributed by atoms with van der Waals surface area (Å²) in [6.07, 6.45) is 0.210. The number of benzene rings is 4. The minimum Gasteiger partial charge on any atom is -0.496 e. The highest BCUT2D eigenvalue weighted by molar-refractivity contribution is 6.03. The third kappa shape index (κ3) is 3.95. The van der Waals surface area contributed by atoms with E-state index < -0.39 is 0 Å². The number of hydrogen-bond donors (Lipinski definition) is 0. The maximum Gasteiger partial charge on any atom is 0.228 e. The van der Waals surface area contributed by atoms with Gasteiger partial charge in [0.2, 0.25) is 5.91 Å². The third-order valence-corrected chi connectivity index (χ3v) is 6.66. The predicted molar refractivity (Wildman–Crippen MR) is 134 cm³/mol. The lowest BCUT2D eigenvalue weighted by Crippen LogP contribution is -2.37. The van der Waals surface area contributed by atoms with Crippen LogP contribution in [0.4, 0.5) is 10.1 Å². The van der Waals surface area contributed by atoms with Crippen molar-refractivity contribution in [3.63, 3.8) is 0 Å². The first-order chi connectivity index (χ1) is 17.0. The molecular formula is C29H26FNO4. The van der Waals surface area contributed by atoms with Gasteiger partial charge in [0.15, 0.2) is 11.5 Å². The van der Waals surface area contributed by atoms with Gasteiger partial charge in [-0.05, 0) is 34.5 Å². The molecule has 0 aliphatic carbocycles. The molecule has 1 aliphatic rings. The number of carbonyl (C=O) groups is 1. The fraction of sp³-hybridized carbons (Fsp3) is 0.207. The van der Waals surface area contributed by atoms with Gasteiger partial charge in [0, 0.05) is 35.2 Å². The lowest BCUT2D eigenvalue weighted by Gasteiger charge is -2.36. The minimum atomic E-state index is -0.327. The van der Waals surface area contributed by atoms with Crippen molar-refractivity contribution in [2.45, 2.75) is 18.9 Å². The first-order valence-electron chi connectivity index (χ1n) is 11.4. The van der Waals surface area contributed by atoms with Crippen molar-refractivity contribution < 1.29 is 23.4 Å². The molecule has 1 heterocycles. The molecule has 1 unspecified atom stereocenters. The number of fused-ring (bicyclic) bond motifs is 3. The Labute approximate surface area is 203 Å². The molecule has 4 aromatic rings. The molecule has 0 aromatic heterocycles. The number of amides is 1. The van der Waals surface area contributed by atoms with Crippen LogP contribution in [-0.4, -0.2) is 27.2 Å². The second-order valence-corrected chi connectivity index (χ2v) is 8.50. The molecule has 6 heteroatoms. The molecule has 4 aromatic carbocycles. The van der Waals surface area contributed by atoms with Crippen LogP contribution in [0.1, 0.15) is 29.0 Å². The van der Waals surface area contributed by atoms with Crippen LogP contribution in [0.3, 0.4) is 0 Å². The van der Waals surface area contributed by atoms with Gasteiger partial charge in [-0.15, -0.1) is 0 Å². The molecule has 35 heavy (non-hydrogen) atoms. The van der Waals surface area contributed by atoms with Gasteiger partial charge in [-0.25, -0.2) is 4.39 Å². The summed E-state index contributed by atoms with van der Waals surface area (Å²) in [6.45, 7) is 0.159. The molecule has 0 bridgehead atoms. The Morgan fingerprint density at radius 1 is 0.857 bits per heavy atom. The average Bonchev–Trinajstić information content (AvgIpc) is 2.89. The molecular weight excluding hydrogens is 445 g/mol. The second-order valence-electron chi connectivity index (χ2n) is 8.50. The summed E-state index contributed by atoms with van der Waals surface area (Å²) in [5.74, 6) is 1.03. The number of methoxy groups -OCH3 is 3. The number of ether oxygens (including phenoxy) is 3. The Hall–Kier alpha value is -4.06. The molecule has 5 rings (SSSR count). The van der Waals surface area contributed by atoms with Crippen LogP contribution in [0.15, 0.2) is 72.8 Å². The zero-order chi connectivity index (χ0) is 24.5. The standard InChI is InChI=1S/C29H26FNO4/c1-33-25-16-27(35-3)26(34-2)14-21(25)22-15-28(32)31(17-19-9-5-7-11-23(19)30)24-13-12-18-8-4-6-10-20(18)29(22)24/h4-14,16,22H,15,17H2,1-3H3. The van der Waals surface area contributed by atoms with Crippen LogP contribution in [0, 0.1) is 5.82 Å². The van der Waals surface area contributed by atoms with Crippen molar-refractivity contribution in [2.24, 2.45) is 0 Å². The van der Waals surface area contributed by atoms with Crippen LogP contribution < -0.4 is 19.1 Å². The molecule has 178 valence electrons. The quantitative estimate of drug-likeness (QED) is 0.342. The summed E-state index contributed by atoms with van der Waals surface area (Å²) in [7, 11) is 4.76. The highest BCUT2D eigenvalue weighted by Gasteiger charge is 2.36. The molecule has 5 nitrogen and oxygen atoms in total. The van der Waals surface area contributed by atoms with E-state index in [9.17, 15) is 9.18 Å². The number of anilines is 1. The summed E-state index contributed by atoms with van der Waals surface area (Å²) < 4.78 is 31.3. The molecule has 1 aliphatic heterocycles. The van der Waals surface area contributed by atoms with E-state index in [0.29, 0.717) is 22.8 Å². The van der Waals surface area contributed by atoms with Gasteiger partial charge in [0.05, 0.1) is 27.9 Å². The predicted octanol–water partition coefficient (Wildman–Crippen LogP) is 6.07. The monoisotopic (exact) mass is 471 g/mol. The highest BCUT2D eigenvalue weighted by Crippen LogP contribution is 2.49. The summed E-state index contributed by atoms with van der Waals surface area (Å²) in [5.41, 5.74) is 3.08. The molecule has 0 spiro atoms. The van der Waals surface area contributed by atoms with Crippen LogP contribution in [-0.2, 0) is 11.3 Å². The number of rotatable bonds is 6. The Kier molecular flexibility index (Phi) is 6.03. The summed E-state index contributed by atoms with van der Waals surface area (Å²) in [6, 6.07) is 22.3. The van der Waals surface area contributed by atoms with E-state index in [1.165, 1.54) is 6.07 Å². The Balaban J connectivity index is 1.73. The lowest BCUT2D eigenvalue weighted by atomic mass is 9.80. The van der Waals surface area contributed by atoms with Crippen molar-refractivity contribution in [2.75, 3.05) is 26.2 Å². The van der Waals surface area contributed by atoms with Gasteiger partial charge >= 0.3 is 0 Å². The van der Waals surface area contributed by atoms with Crippen LogP contribution in [0.25, 0.3) is 10.8 Å². The van der Waals surface area contributed by atoms with Gasteiger partial charge in [-0.3, -0.25) is 4.79 Å². The fourth-order valence-corrected chi connectivity index (χ4v) is 4.97. The first-order valence-corrected chi connectivity index (χ1v) is 11.4. The first kappa shape index (κ1) is 22.7. The zero-order valence-corrected chi connectivity index (χ0v) is 19.9. The second kappa shape index (κ2) is 9.29. The van der Waals surface area contributed by atoms with Crippen molar-refractivity contribution in [3.05, 3.63) is 95.3 Å². The van der Waals surface area contributed by atoms with Gasteiger partial charge in [-0.1, -0.05) is 48.5 Å². The summed E-state index contributed by atoms with van der Waals surface area (Å²) in [4.78, 5) is 15.3. The Morgan fingerprint density at radius 3 is 2.29 bits per heavy atom. The summed E-state index contributed by atoms with van der Waals surface area (Å²) >= 11 is 0.